The molecular formula is C13H20ClFN2O2S. The number of hydrogen-bond donors (Lipinski definition) is 1. The quantitative estimate of drug-likeness (QED) is 0.905. The monoisotopic (exact) mass is 322 g/mol. The fourth-order valence-corrected chi connectivity index (χ4v) is 4.13. The fraction of sp³-hybridized carbons (Fsp3) is 0.538. The average molecular weight is 323 g/mol. The van der Waals surface area contributed by atoms with Crippen LogP contribution < -0.4 is 5.32 Å². The smallest absolute Gasteiger partial charge is 0.246 e. The maximum atomic E-state index is 13.8. The molecule has 1 aliphatic rings. The second kappa shape index (κ2) is 6.39. The van der Waals surface area contributed by atoms with E-state index < -0.39 is 15.8 Å². The first-order chi connectivity index (χ1) is 8.82. The van der Waals surface area contributed by atoms with Gasteiger partial charge in [-0.3, -0.25) is 0 Å². The molecule has 1 aromatic rings. The summed E-state index contributed by atoms with van der Waals surface area (Å²) in [5.74, 6) is -0.691. The van der Waals surface area contributed by atoms with E-state index in [0.717, 1.165) is 5.56 Å². The normalized spacial score (nSPS) is 24.2. The molecule has 2 atom stereocenters. The summed E-state index contributed by atoms with van der Waals surface area (Å²) in [6.07, 6.45) is 0. The summed E-state index contributed by atoms with van der Waals surface area (Å²) in [5.41, 5.74) is 0.732. The van der Waals surface area contributed by atoms with Gasteiger partial charge in [0.05, 0.1) is 0 Å². The van der Waals surface area contributed by atoms with Crippen LogP contribution in [-0.2, 0) is 10.0 Å². The largest absolute Gasteiger partial charge is 0.311 e. The minimum absolute atomic E-state index is 0. The Hall–Kier alpha value is -0.690. The third kappa shape index (κ3) is 3.31. The molecule has 4 nitrogen and oxygen atoms in total. The van der Waals surface area contributed by atoms with Crippen molar-refractivity contribution in [3.63, 3.8) is 0 Å². The van der Waals surface area contributed by atoms with E-state index in [4.69, 9.17) is 0 Å². The topological polar surface area (TPSA) is 49.4 Å². The van der Waals surface area contributed by atoms with Gasteiger partial charge in [-0.2, -0.15) is 4.31 Å². The molecule has 0 bridgehead atoms. The number of hydrogen-bond acceptors (Lipinski definition) is 3. The van der Waals surface area contributed by atoms with Crippen molar-refractivity contribution in [2.45, 2.75) is 37.8 Å². The summed E-state index contributed by atoms with van der Waals surface area (Å²) in [7, 11) is -3.78. The van der Waals surface area contributed by atoms with E-state index in [1.165, 1.54) is 16.4 Å². The molecule has 20 heavy (non-hydrogen) atoms. The van der Waals surface area contributed by atoms with E-state index >= 15 is 0 Å². The fourth-order valence-electron chi connectivity index (χ4n) is 2.26. The molecule has 1 saturated heterocycles. The number of sulfonamides is 1. The van der Waals surface area contributed by atoms with Crippen LogP contribution in [0, 0.1) is 12.7 Å². The lowest BCUT2D eigenvalue weighted by molar-refractivity contribution is 0.244. The lowest BCUT2D eigenvalue weighted by atomic mass is 10.2. The Morgan fingerprint density at radius 3 is 2.65 bits per heavy atom. The van der Waals surface area contributed by atoms with Gasteiger partial charge in [-0.25, -0.2) is 12.8 Å². The van der Waals surface area contributed by atoms with E-state index in [0.29, 0.717) is 13.1 Å². The van der Waals surface area contributed by atoms with Gasteiger partial charge >= 0.3 is 0 Å². The van der Waals surface area contributed by atoms with Gasteiger partial charge in [0.1, 0.15) is 10.7 Å². The summed E-state index contributed by atoms with van der Waals surface area (Å²) in [6, 6.07) is 4.06. The molecule has 1 fully saturated rings. The van der Waals surface area contributed by atoms with Crippen LogP contribution in [-0.4, -0.2) is 37.9 Å². The van der Waals surface area contributed by atoms with Crippen LogP contribution in [0.1, 0.15) is 19.4 Å². The van der Waals surface area contributed by atoms with Gasteiger partial charge in [0, 0.05) is 25.2 Å². The number of aryl methyl sites for hydroxylation is 1. The molecule has 0 saturated carbocycles. The van der Waals surface area contributed by atoms with Crippen LogP contribution in [0.2, 0.25) is 0 Å². The van der Waals surface area contributed by atoms with Crippen molar-refractivity contribution in [2.75, 3.05) is 13.1 Å². The average Bonchev–Trinajstić information content (AvgIpc) is 2.35. The molecule has 7 heteroatoms. The Bertz CT molecular complexity index is 580. The van der Waals surface area contributed by atoms with E-state index in [2.05, 4.69) is 5.32 Å². The minimum atomic E-state index is -3.78. The predicted octanol–water partition coefficient (Wildman–Crippen LogP) is 1.93. The van der Waals surface area contributed by atoms with Crippen LogP contribution in [0.15, 0.2) is 23.1 Å². The van der Waals surface area contributed by atoms with E-state index in [1.807, 2.05) is 13.8 Å². The van der Waals surface area contributed by atoms with E-state index in [9.17, 15) is 12.8 Å². The van der Waals surface area contributed by atoms with Crippen LogP contribution in [0.5, 0.6) is 0 Å². The van der Waals surface area contributed by atoms with E-state index in [1.54, 1.807) is 13.0 Å². The molecule has 2 unspecified atom stereocenters. The third-order valence-electron chi connectivity index (χ3n) is 3.38. The molecule has 0 amide bonds. The van der Waals surface area contributed by atoms with Crippen LogP contribution in [0.3, 0.4) is 0 Å². The molecule has 0 radical (unpaired) electrons. The number of nitrogens with one attached hydrogen (secondary N) is 1. The molecule has 2 rings (SSSR count). The highest BCUT2D eigenvalue weighted by Gasteiger charge is 2.34. The van der Waals surface area contributed by atoms with Gasteiger partial charge in [0.25, 0.3) is 0 Å². The van der Waals surface area contributed by atoms with Crippen molar-refractivity contribution in [2.24, 2.45) is 0 Å². The summed E-state index contributed by atoms with van der Waals surface area (Å²) in [4.78, 5) is -0.228. The first kappa shape index (κ1) is 17.4. The molecular weight excluding hydrogens is 303 g/mol. The SMILES string of the molecule is Cc1ccc(F)c(S(=O)(=O)N2CC(C)NCC2C)c1.Cl. The van der Waals surface area contributed by atoms with Gasteiger partial charge in [0.15, 0.2) is 0 Å². The Kier molecular flexibility index (Phi) is 5.54. The minimum Gasteiger partial charge on any atom is -0.311 e. The molecule has 0 aromatic heterocycles. The molecule has 114 valence electrons. The molecule has 1 aliphatic heterocycles. The second-order valence-electron chi connectivity index (χ2n) is 5.17. The molecule has 0 aliphatic carbocycles. The summed E-state index contributed by atoms with van der Waals surface area (Å²) in [6.45, 7) is 6.43. The Labute approximate surface area is 125 Å². The number of rotatable bonds is 2. The van der Waals surface area contributed by atoms with Crippen molar-refractivity contribution >= 4 is 22.4 Å². The van der Waals surface area contributed by atoms with Crippen molar-refractivity contribution in [3.8, 4) is 0 Å². The van der Waals surface area contributed by atoms with Crippen LogP contribution >= 0.6 is 12.4 Å². The third-order valence-corrected chi connectivity index (χ3v) is 5.38. The highest BCUT2D eigenvalue weighted by Crippen LogP contribution is 2.23. The first-order valence-corrected chi connectivity index (χ1v) is 7.77. The van der Waals surface area contributed by atoms with Crippen molar-refractivity contribution < 1.29 is 12.8 Å². The number of benzene rings is 1. The first-order valence-electron chi connectivity index (χ1n) is 6.33. The molecule has 1 N–H and O–H groups in total. The molecule has 1 heterocycles. The van der Waals surface area contributed by atoms with Gasteiger partial charge in [0.2, 0.25) is 10.0 Å². The maximum absolute atomic E-state index is 13.8. The van der Waals surface area contributed by atoms with Crippen molar-refractivity contribution in [3.05, 3.63) is 29.6 Å². The Morgan fingerprint density at radius 1 is 1.35 bits per heavy atom. The zero-order valence-electron chi connectivity index (χ0n) is 11.8. The maximum Gasteiger partial charge on any atom is 0.246 e. The standard InChI is InChI=1S/C13H19FN2O2S.ClH/c1-9-4-5-12(14)13(6-9)19(17,18)16-8-10(2)15-7-11(16)3;/h4-6,10-11,15H,7-8H2,1-3H3;1H. The second-order valence-corrected chi connectivity index (χ2v) is 7.03. The van der Waals surface area contributed by atoms with Gasteiger partial charge in [-0.15, -0.1) is 12.4 Å². The number of halogens is 2. The predicted molar refractivity (Wildman–Crippen MR) is 79.2 cm³/mol. The summed E-state index contributed by atoms with van der Waals surface area (Å²) >= 11 is 0. The Balaban J connectivity index is 0.00000200. The van der Waals surface area contributed by atoms with Crippen LogP contribution in [0.25, 0.3) is 0 Å². The zero-order chi connectivity index (χ0) is 14.2. The number of piperazine rings is 1. The highest BCUT2D eigenvalue weighted by molar-refractivity contribution is 7.89. The highest BCUT2D eigenvalue weighted by atomic mass is 35.5. The van der Waals surface area contributed by atoms with Crippen molar-refractivity contribution in [1.29, 1.82) is 0 Å². The van der Waals surface area contributed by atoms with Gasteiger partial charge < -0.3 is 5.32 Å². The zero-order valence-corrected chi connectivity index (χ0v) is 13.4. The Morgan fingerprint density at radius 2 is 2.00 bits per heavy atom. The van der Waals surface area contributed by atoms with Crippen molar-refractivity contribution in [1.82, 2.24) is 9.62 Å². The lowest BCUT2D eigenvalue weighted by Crippen LogP contribution is -2.56. The lowest BCUT2D eigenvalue weighted by Gasteiger charge is -2.36. The van der Waals surface area contributed by atoms with Gasteiger partial charge in [-0.05, 0) is 38.5 Å². The molecule has 1 aromatic carbocycles. The van der Waals surface area contributed by atoms with Gasteiger partial charge in [-0.1, -0.05) is 6.07 Å². The van der Waals surface area contributed by atoms with Crippen LogP contribution in [0.4, 0.5) is 4.39 Å². The van der Waals surface area contributed by atoms with E-state index in [-0.39, 0.29) is 29.4 Å². The summed E-state index contributed by atoms with van der Waals surface area (Å²) < 4.78 is 40.4. The number of nitrogens with zero attached hydrogens (tertiary/aromatic N) is 1. The summed E-state index contributed by atoms with van der Waals surface area (Å²) in [5, 5.41) is 3.21. The molecule has 0 spiro atoms.